The molecule has 2 heterocycles. The Morgan fingerprint density at radius 1 is 1.29 bits per heavy atom. The first-order chi connectivity index (χ1) is 14.7. The Kier molecular flexibility index (Phi) is 6.03. The molecule has 4 N–H and O–H groups in total. The summed E-state index contributed by atoms with van der Waals surface area (Å²) in [4.78, 5) is 12.1. The van der Waals surface area contributed by atoms with Crippen molar-refractivity contribution in [2.24, 2.45) is 5.73 Å². The first kappa shape index (κ1) is 22.5. The lowest BCUT2D eigenvalue weighted by Crippen LogP contribution is -2.67. The van der Waals surface area contributed by atoms with Crippen LogP contribution in [-0.4, -0.2) is 52.8 Å². The summed E-state index contributed by atoms with van der Waals surface area (Å²) in [5, 5.41) is 21.7. The molecular weight excluding hydrogens is 441 g/mol. The molecule has 31 heavy (non-hydrogen) atoms. The van der Waals surface area contributed by atoms with Gasteiger partial charge in [0, 0.05) is 10.6 Å². The number of aliphatic hydroxyl groups is 2. The number of amides is 1. The quantitative estimate of drug-likeness (QED) is 0.560. The lowest BCUT2D eigenvalue weighted by atomic mass is 9.84. The van der Waals surface area contributed by atoms with Crippen LogP contribution in [0.4, 0.5) is 0 Å². The fourth-order valence-corrected chi connectivity index (χ4v) is 4.92. The normalized spacial score (nSPS) is 32.1. The third-order valence-electron chi connectivity index (χ3n) is 5.94. The van der Waals surface area contributed by atoms with Gasteiger partial charge in [0.1, 0.15) is 11.9 Å². The third kappa shape index (κ3) is 3.63. The number of carbonyl (C=O) groups excluding carboxylic acids is 1. The lowest BCUT2D eigenvalue weighted by Gasteiger charge is -2.46. The molecule has 2 saturated heterocycles. The summed E-state index contributed by atoms with van der Waals surface area (Å²) in [6, 6.07) is 13.0. The monoisotopic (exact) mass is 465 g/mol. The molecule has 0 aromatic heterocycles. The van der Waals surface area contributed by atoms with Crippen LogP contribution in [0.5, 0.6) is 5.75 Å². The third-order valence-corrected chi connectivity index (χ3v) is 7.14. The van der Waals surface area contributed by atoms with Crippen molar-refractivity contribution in [2.45, 2.75) is 42.6 Å². The van der Waals surface area contributed by atoms with Crippen LogP contribution in [0.2, 0.25) is 5.02 Å². The molecule has 2 fully saturated rings. The van der Waals surface area contributed by atoms with Crippen molar-refractivity contribution in [1.82, 2.24) is 0 Å². The van der Waals surface area contributed by atoms with Crippen LogP contribution in [0.1, 0.15) is 23.6 Å². The van der Waals surface area contributed by atoms with Crippen LogP contribution in [0.25, 0.3) is 0 Å². The van der Waals surface area contributed by atoms with Crippen LogP contribution >= 0.6 is 20.8 Å². The number of aliphatic hydroxyl groups excluding tert-OH is 2. The zero-order valence-corrected chi connectivity index (χ0v) is 18.9. The number of nitrogens with two attached hydrogens (primary N) is 1. The van der Waals surface area contributed by atoms with Crippen molar-refractivity contribution >= 4 is 26.7 Å². The van der Waals surface area contributed by atoms with E-state index in [9.17, 15) is 15.0 Å². The number of rotatable bonds is 6. The molecule has 2 aromatic carbocycles. The van der Waals surface area contributed by atoms with E-state index in [1.165, 1.54) is 0 Å². The number of benzene rings is 2. The summed E-state index contributed by atoms with van der Waals surface area (Å²) in [6.45, 7) is 2.26. The molecule has 1 unspecified atom stereocenters. The second-order valence-corrected chi connectivity index (χ2v) is 8.96. The van der Waals surface area contributed by atoms with E-state index in [0.717, 1.165) is 16.9 Å². The fourth-order valence-electron chi connectivity index (χ4n) is 4.17. The number of carbonyl (C=O) groups is 1. The van der Waals surface area contributed by atoms with E-state index < -0.39 is 35.2 Å². The number of primary amides is 1. The zero-order valence-electron chi connectivity index (χ0n) is 17.0. The number of halogens is 1. The van der Waals surface area contributed by atoms with Crippen molar-refractivity contribution in [1.29, 1.82) is 0 Å². The number of ether oxygens (including phenoxy) is 3. The lowest BCUT2D eigenvalue weighted by molar-refractivity contribution is -0.264. The van der Waals surface area contributed by atoms with Gasteiger partial charge in [-0.1, -0.05) is 29.8 Å². The Hall–Kier alpha value is -1.73. The van der Waals surface area contributed by atoms with Crippen LogP contribution in [0.3, 0.4) is 0 Å². The summed E-state index contributed by atoms with van der Waals surface area (Å²) < 4.78 is 17.4. The number of fused-ring (bicyclic) bond motifs is 2. The van der Waals surface area contributed by atoms with Gasteiger partial charge >= 0.3 is 0 Å². The maximum Gasteiger partial charge on any atom is 0.255 e. The van der Waals surface area contributed by atoms with E-state index >= 15 is 0 Å². The van der Waals surface area contributed by atoms with Crippen molar-refractivity contribution in [2.75, 3.05) is 13.2 Å². The molecule has 166 valence electrons. The van der Waals surface area contributed by atoms with Crippen LogP contribution in [0, 0.1) is 0 Å². The van der Waals surface area contributed by atoms with E-state index in [1.807, 2.05) is 37.3 Å². The van der Waals surface area contributed by atoms with Crippen molar-refractivity contribution < 1.29 is 29.2 Å². The highest BCUT2D eigenvalue weighted by Gasteiger charge is 2.68. The van der Waals surface area contributed by atoms with Gasteiger partial charge in [-0.25, -0.2) is 0 Å². The van der Waals surface area contributed by atoms with Crippen molar-refractivity contribution in [3.8, 4) is 5.75 Å². The number of hydrogen-bond donors (Lipinski definition) is 3. The predicted octanol–water partition coefficient (Wildman–Crippen LogP) is 1.73. The van der Waals surface area contributed by atoms with Gasteiger partial charge in [0.2, 0.25) is 11.4 Å². The molecule has 2 bridgehead atoms. The summed E-state index contributed by atoms with van der Waals surface area (Å²) >= 11 is 6.46. The average Bonchev–Trinajstić information content (AvgIpc) is 3.15. The maximum absolute atomic E-state index is 12.1. The molecule has 0 spiro atoms. The van der Waals surface area contributed by atoms with Gasteiger partial charge in [-0.05, 0) is 48.7 Å². The van der Waals surface area contributed by atoms with E-state index in [1.54, 1.807) is 12.1 Å². The molecule has 2 aliphatic heterocycles. The van der Waals surface area contributed by atoms with Crippen LogP contribution in [0.15, 0.2) is 42.5 Å². The topological polar surface area (TPSA) is 111 Å². The highest BCUT2D eigenvalue weighted by atomic mass is 35.5. The van der Waals surface area contributed by atoms with Gasteiger partial charge < -0.3 is 30.2 Å². The summed E-state index contributed by atoms with van der Waals surface area (Å²) in [7, 11) is 2.45. The minimum Gasteiger partial charge on any atom is -0.494 e. The summed E-state index contributed by atoms with van der Waals surface area (Å²) in [5.74, 6) is -1.56. The van der Waals surface area contributed by atoms with E-state index in [2.05, 4.69) is 9.24 Å². The van der Waals surface area contributed by atoms with Crippen LogP contribution < -0.4 is 10.5 Å². The Balaban J connectivity index is 1.68. The first-order valence-electron chi connectivity index (χ1n) is 10.00. The molecule has 0 saturated carbocycles. The molecule has 2 aliphatic rings. The molecule has 2 aromatic rings. The van der Waals surface area contributed by atoms with Gasteiger partial charge in [0.25, 0.3) is 5.91 Å². The molecule has 0 aliphatic carbocycles. The second kappa shape index (κ2) is 8.32. The standard InChI is InChI=1S/C22H25ClNO6P/c1-2-28-15-6-3-12(4-7-15)9-13-10-14(5-8-16(13)23)22-19(31)17(25)18(26)21(30-22,11-29-22)20(24)27/h3-8,10,17-19,25-26H,2,9,11,31H2,1H3,(H2,24,27)/t17-,18-,19+,21-,22-/m0/s1. The highest BCUT2D eigenvalue weighted by Crippen LogP contribution is 2.52. The van der Waals surface area contributed by atoms with E-state index in [0.29, 0.717) is 23.6 Å². The Bertz CT molecular complexity index is 988. The number of hydrogen-bond acceptors (Lipinski definition) is 6. The average molecular weight is 466 g/mol. The predicted molar refractivity (Wildman–Crippen MR) is 118 cm³/mol. The molecule has 4 rings (SSSR count). The van der Waals surface area contributed by atoms with Crippen molar-refractivity contribution in [3.63, 3.8) is 0 Å². The van der Waals surface area contributed by atoms with Gasteiger partial charge in [-0.3, -0.25) is 4.79 Å². The van der Waals surface area contributed by atoms with Crippen LogP contribution in [-0.2, 0) is 26.5 Å². The Morgan fingerprint density at radius 3 is 2.65 bits per heavy atom. The largest absolute Gasteiger partial charge is 0.494 e. The van der Waals surface area contributed by atoms with Gasteiger partial charge in [0.05, 0.1) is 25.0 Å². The first-order valence-corrected chi connectivity index (χ1v) is 11.0. The zero-order chi connectivity index (χ0) is 22.4. The van der Waals surface area contributed by atoms with Crippen molar-refractivity contribution in [3.05, 3.63) is 64.2 Å². The maximum atomic E-state index is 12.1. The summed E-state index contributed by atoms with van der Waals surface area (Å²) in [5.41, 5.74) is 5.38. The molecule has 7 nitrogen and oxygen atoms in total. The molecular formula is C22H25ClNO6P. The van der Waals surface area contributed by atoms with E-state index in [4.69, 9.17) is 31.5 Å². The van der Waals surface area contributed by atoms with Gasteiger partial charge in [0.15, 0.2) is 0 Å². The fraction of sp³-hybridized carbons (Fsp3) is 0.409. The minimum absolute atomic E-state index is 0.262. The Labute approximate surface area is 187 Å². The van der Waals surface area contributed by atoms with Gasteiger partial charge in [-0.15, -0.1) is 9.24 Å². The molecule has 6 atom stereocenters. The smallest absolute Gasteiger partial charge is 0.255 e. The molecule has 1 amide bonds. The van der Waals surface area contributed by atoms with Gasteiger partial charge in [-0.2, -0.15) is 0 Å². The Morgan fingerprint density at radius 2 is 2.00 bits per heavy atom. The summed E-state index contributed by atoms with van der Waals surface area (Å²) in [6.07, 6.45) is -2.25. The minimum atomic E-state index is -1.82. The second-order valence-electron chi connectivity index (χ2n) is 7.83. The SMILES string of the molecule is CCOc1ccc(Cc2cc([C@]34OC[C@](C(N)=O)(O3)[C@@H](O)[C@H](O)[C@H]4P)ccc2Cl)cc1. The van der Waals surface area contributed by atoms with E-state index in [-0.39, 0.29) is 6.61 Å². The highest BCUT2D eigenvalue weighted by molar-refractivity contribution is 7.17. The molecule has 9 heteroatoms. The molecule has 0 radical (unpaired) electrons.